The van der Waals surface area contributed by atoms with Gasteiger partial charge in [-0.25, -0.2) is 4.39 Å². The zero-order valence-electron chi connectivity index (χ0n) is 10.5. The second kappa shape index (κ2) is 6.00. The second-order valence-electron chi connectivity index (χ2n) is 4.85. The Labute approximate surface area is 112 Å². The van der Waals surface area contributed by atoms with Crippen molar-refractivity contribution < 1.29 is 9.13 Å². The average Bonchev–Trinajstić information content (AvgIpc) is 2.83. The lowest BCUT2D eigenvalue weighted by Gasteiger charge is -2.24. The quantitative estimate of drug-likeness (QED) is 0.913. The minimum Gasteiger partial charge on any atom is -0.378 e. The van der Waals surface area contributed by atoms with Crippen LogP contribution in [0.2, 0.25) is 5.02 Å². The topological polar surface area (TPSA) is 35.2 Å². The summed E-state index contributed by atoms with van der Waals surface area (Å²) in [4.78, 5) is 0. The van der Waals surface area contributed by atoms with Crippen molar-refractivity contribution in [2.45, 2.75) is 38.3 Å². The molecule has 0 amide bonds. The first-order valence-corrected chi connectivity index (χ1v) is 6.81. The van der Waals surface area contributed by atoms with Gasteiger partial charge in [0, 0.05) is 18.6 Å². The van der Waals surface area contributed by atoms with Crippen LogP contribution in [0.1, 0.15) is 25.3 Å². The summed E-state index contributed by atoms with van der Waals surface area (Å²) in [7, 11) is 0. The molecule has 3 atom stereocenters. The van der Waals surface area contributed by atoms with Gasteiger partial charge < -0.3 is 10.5 Å². The first kappa shape index (κ1) is 13.8. The number of hydrogen-bond acceptors (Lipinski definition) is 2. The third-order valence-electron chi connectivity index (χ3n) is 3.70. The molecule has 18 heavy (non-hydrogen) atoms. The van der Waals surface area contributed by atoms with Gasteiger partial charge in [0.2, 0.25) is 0 Å². The molecule has 1 aromatic carbocycles. The zero-order chi connectivity index (χ0) is 13.1. The van der Waals surface area contributed by atoms with Crippen molar-refractivity contribution in [3.8, 4) is 0 Å². The Balaban J connectivity index is 2.06. The Bertz CT molecular complexity index is 413. The van der Waals surface area contributed by atoms with E-state index in [1.807, 2.05) is 0 Å². The maximum Gasteiger partial charge on any atom is 0.145 e. The SMILES string of the molecule is CCC1OCCC1C(N)Cc1cccc(Cl)c1F. The van der Waals surface area contributed by atoms with Gasteiger partial charge in [0.05, 0.1) is 11.1 Å². The first-order valence-electron chi connectivity index (χ1n) is 6.43. The number of benzene rings is 1. The lowest BCUT2D eigenvalue weighted by Crippen LogP contribution is -2.37. The fourth-order valence-corrected chi connectivity index (χ4v) is 2.88. The molecule has 0 spiro atoms. The van der Waals surface area contributed by atoms with Crippen molar-refractivity contribution in [3.63, 3.8) is 0 Å². The number of halogens is 2. The van der Waals surface area contributed by atoms with Crippen LogP contribution in [0.25, 0.3) is 0 Å². The van der Waals surface area contributed by atoms with Gasteiger partial charge in [0.1, 0.15) is 5.82 Å². The smallest absolute Gasteiger partial charge is 0.145 e. The van der Waals surface area contributed by atoms with E-state index in [1.165, 1.54) is 0 Å². The molecule has 0 bridgehead atoms. The molecule has 1 aromatic rings. The van der Waals surface area contributed by atoms with Crippen molar-refractivity contribution in [3.05, 3.63) is 34.6 Å². The molecule has 0 aliphatic carbocycles. The lowest BCUT2D eigenvalue weighted by atomic mass is 9.88. The van der Waals surface area contributed by atoms with E-state index < -0.39 is 0 Å². The highest BCUT2D eigenvalue weighted by molar-refractivity contribution is 6.30. The number of rotatable bonds is 4. The van der Waals surface area contributed by atoms with Crippen molar-refractivity contribution in [2.24, 2.45) is 11.7 Å². The van der Waals surface area contributed by atoms with E-state index >= 15 is 0 Å². The van der Waals surface area contributed by atoms with Gasteiger partial charge in [0.25, 0.3) is 0 Å². The molecule has 2 nitrogen and oxygen atoms in total. The minimum absolute atomic E-state index is 0.0783. The fraction of sp³-hybridized carbons (Fsp3) is 0.571. The summed E-state index contributed by atoms with van der Waals surface area (Å²) >= 11 is 5.77. The van der Waals surface area contributed by atoms with Crippen LogP contribution in [0.15, 0.2) is 18.2 Å². The summed E-state index contributed by atoms with van der Waals surface area (Å²) < 4.78 is 19.4. The minimum atomic E-state index is -0.346. The Morgan fingerprint density at radius 1 is 1.56 bits per heavy atom. The van der Waals surface area contributed by atoms with Crippen LogP contribution in [-0.2, 0) is 11.2 Å². The summed E-state index contributed by atoms with van der Waals surface area (Å²) in [6.45, 7) is 2.85. The molecule has 0 saturated carbocycles. The molecule has 1 aliphatic rings. The number of hydrogen-bond donors (Lipinski definition) is 1. The standard InChI is InChI=1S/C14H19ClFNO/c1-2-13-10(6-7-18-13)12(17)8-9-4-3-5-11(15)14(9)16/h3-5,10,12-13H,2,6-8,17H2,1H3. The third kappa shape index (κ3) is 2.85. The highest BCUT2D eigenvalue weighted by Gasteiger charge is 2.32. The van der Waals surface area contributed by atoms with E-state index in [-0.39, 0.29) is 23.0 Å². The van der Waals surface area contributed by atoms with Crippen LogP contribution < -0.4 is 5.73 Å². The molecule has 2 rings (SSSR count). The van der Waals surface area contributed by atoms with Crippen molar-refractivity contribution in [1.29, 1.82) is 0 Å². The molecule has 1 heterocycles. The summed E-state index contributed by atoms with van der Waals surface area (Å²) in [5.74, 6) is -0.0324. The van der Waals surface area contributed by atoms with E-state index in [1.54, 1.807) is 18.2 Å². The molecule has 1 aliphatic heterocycles. The molecule has 100 valence electrons. The highest BCUT2D eigenvalue weighted by Crippen LogP contribution is 2.28. The Morgan fingerprint density at radius 3 is 3.06 bits per heavy atom. The van der Waals surface area contributed by atoms with Crippen LogP contribution in [-0.4, -0.2) is 18.8 Å². The van der Waals surface area contributed by atoms with E-state index in [4.69, 9.17) is 22.1 Å². The summed E-state index contributed by atoms with van der Waals surface area (Å²) in [6, 6.07) is 4.98. The van der Waals surface area contributed by atoms with Crippen molar-refractivity contribution in [2.75, 3.05) is 6.61 Å². The predicted octanol–water partition coefficient (Wildman–Crippen LogP) is 3.16. The summed E-state index contributed by atoms with van der Waals surface area (Å²) in [5, 5.41) is 0.161. The van der Waals surface area contributed by atoms with Crippen LogP contribution in [0.4, 0.5) is 4.39 Å². The molecule has 0 radical (unpaired) electrons. The Hall–Kier alpha value is -0.640. The Kier molecular flexibility index (Phi) is 4.60. The van der Waals surface area contributed by atoms with Gasteiger partial charge in [-0.3, -0.25) is 0 Å². The maximum atomic E-state index is 13.8. The number of nitrogens with two attached hydrogens (primary N) is 1. The third-order valence-corrected chi connectivity index (χ3v) is 3.99. The molecule has 4 heteroatoms. The predicted molar refractivity (Wildman–Crippen MR) is 71.2 cm³/mol. The lowest BCUT2D eigenvalue weighted by molar-refractivity contribution is 0.0813. The zero-order valence-corrected chi connectivity index (χ0v) is 11.3. The van der Waals surface area contributed by atoms with Gasteiger partial charge >= 0.3 is 0 Å². The van der Waals surface area contributed by atoms with Gasteiger partial charge in [0.15, 0.2) is 0 Å². The summed E-state index contributed by atoms with van der Waals surface area (Å²) in [5.41, 5.74) is 6.80. The molecular formula is C14H19ClFNO. The van der Waals surface area contributed by atoms with Crippen molar-refractivity contribution >= 4 is 11.6 Å². The van der Waals surface area contributed by atoms with Crippen molar-refractivity contribution in [1.82, 2.24) is 0 Å². The molecule has 3 unspecified atom stereocenters. The van der Waals surface area contributed by atoms with Gasteiger partial charge in [-0.2, -0.15) is 0 Å². The van der Waals surface area contributed by atoms with E-state index in [0.717, 1.165) is 19.4 Å². The normalized spacial score (nSPS) is 25.3. The molecule has 2 N–H and O–H groups in total. The average molecular weight is 272 g/mol. The van der Waals surface area contributed by atoms with Gasteiger partial charge in [-0.05, 0) is 30.9 Å². The van der Waals surface area contributed by atoms with Gasteiger partial charge in [-0.15, -0.1) is 0 Å². The van der Waals surface area contributed by atoms with Crippen LogP contribution >= 0.6 is 11.6 Å². The second-order valence-corrected chi connectivity index (χ2v) is 5.26. The van der Waals surface area contributed by atoms with Crippen LogP contribution in [0.3, 0.4) is 0 Å². The largest absolute Gasteiger partial charge is 0.378 e. The van der Waals surface area contributed by atoms with Crippen LogP contribution in [0.5, 0.6) is 0 Å². The van der Waals surface area contributed by atoms with Gasteiger partial charge in [-0.1, -0.05) is 30.7 Å². The number of ether oxygens (including phenoxy) is 1. The molecule has 1 saturated heterocycles. The van der Waals surface area contributed by atoms with E-state index in [0.29, 0.717) is 17.9 Å². The molecule has 0 aromatic heterocycles. The van der Waals surface area contributed by atoms with E-state index in [9.17, 15) is 4.39 Å². The Morgan fingerprint density at radius 2 is 2.33 bits per heavy atom. The fourth-order valence-electron chi connectivity index (χ4n) is 2.69. The first-order chi connectivity index (χ1) is 8.63. The summed E-state index contributed by atoms with van der Waals surface area (Å²) in [6.07, 6.45) is 2.64. The van der Waals surface area contributed by atoms with E-state index in [2.05, 4.69) is 6.92 Å². The van der Waals surface area contributed by atoms with Crippen LogP contribution in [0, 0.1) is 11.7 Å². The maximum absolute atomic E-state index is 13.8. The molecule has 1 fully saturated rings. The highest BCUT2D eigenvalue weighted by atomic mass is 35.5. The monoisotopic (exact) mass is 271 g/mol. The molecular weight excluding hydrogens is 253 g/mol.